The van der Waals surface area contributed by atoms with Gasteiger partial charge in [0.2, 0.25) is 5.91 Å². The predicted molar refractivity (Wildman–Crippen MR) is 120 cm³/mol. The van der Waals surface area contributed by atoms with E-state index in [9.17, 15) is 18.0 Å². The minimum Gasteiger partial charge on any atom is -0.475 e. The lowest BCUT2D eigenvalue weighted by molar-refractivity contribution is -0.192. The van der Waals surface area contributed by atoms with Gasteiger partial charge in [0, 0.05) is 28.5 Å². The number of amides is 1. The van der Waals surface area contributed by atoms with Crippen LogP contribution in [-0.2, 0) is 16.0 Å². The van der Waals surface area contributed by atoms with Gasteiger partial charge in [-0.15, -0.1) is 0 Å². The molecule has 0 spiro atoms. The monoisotopic (exact) mass is 471 g/mol. The molecule has 0 radical (unpaired) electrons. The Hall–Kier alpha value is -4.34. The quantitative estimate of drug-likeness (QED) is 0.358. The van der Waals surface area contributed by atoms with Crippen molar-refractivity contribution in [1.82, 2.24) is 9.97 Å². The number of para-hydroxylation sites is 1. The van der Waals surface area contributed by atoms with E-state index in [1.165, 1.54) is 0 Å². The number of nitrogens with one attached hydrogen (secondary N) is 2. The molecule has 0 unspecified atom stereocenters. The maximum Gasteiger partial charge on any atom is 0.490 e. The van der Waals surface area contributed by atoms with Crippen molar-refractivity contribution in [2.75, 3.05) is 5.32 Å². The normalized spacial score (nSPS) is 10.8. The standard InChI is InChI=1S/C22H19N3O2.C2HF3O2/c1-15-20(19-6-2-3-7-21(19)24-15)13-22(26)25-16-8-10-17(11-9-16)27-18-5-4-12-23-14-18;3-2(4,5)1(6)7/h2-12,14,24H,13H2,1H3,(H,25,26);(H,6,7). The molecule has 2 heterocycles. The van der Waals surface area contributed by atoms with Gasteiger partial charge in [0.15, 0.2) is 0 Å². The first-order chi connectivity index (χ1) is 16.1. The Labute approximate surface area is 192 Å². The van der Waals surface area contributed by atoms with Crippen LogP contribution in [0.2, 0.25) is 0 Å². The SMILES string of the molecule is Cc1[nH]c2ccccc2c1CC(=O)Nc1ccc(Oc2cccnc2)cc1.O=C(O)C(F)(F)F. The molecular formula is C24H20F3N3O4. The summed E-state index contributed by atoms with van der Waals surface area (Å²) in [6.45, 7) is 1.99. The number of hydrogen-bond acceptors (Lipinski definition) is 4. The van der Waals surface area contributed by atoms with Crippen molar-refractivity contribution in [2.45, 2.75) is 19.5 Å². The number of halogens is 3. The van der Waals surface area contributed by atoms with Crippen LogP contribution >= 0.6 is 0 Å². The number of carboxylic acids is 1. The van der Waals surface area contributed by atoms with Gasteiger partial charge in [-0.3, -0.25) is 9.78 Å². The highest BCUT2D eigenvalue weighted by Crippen LogP contribution is 2.24. The lowest BCUT2D eigenvalue weighted by atomic mass is 10.1. The molecule has 0 fully saturated rings. The number of fused-ring (bicyclic) bond motifs is 1. The number of alkyl halides is 3. The van der Waals surface area contributed by atoms with E-state index in [0.717, 1.165) is 27.8 Å². The number of hydrogen-bond donors (Lipinski definition) is 3. The third kappa shape index (κ3) is 6.58. The summed E-state index contributed by atoms with van der Waals surface area (Å²) >= 11 is 0. The van der Waals surface area contributed by atoms with Crippen molar-refractivity contribution in [2.24, 2.45) is 0 Å². The number of carbonyl (C=O) groups excluding carboxylic acids is 1. The van der Waals surface area contributed by atoms with Crippen LogP contribution < -0.4 is 10.1 Å². The molecule has 0 aliphatic carbocycles. The van der Waals surface area contributed by atoms with Gasteiger partial charge >= 0.3 is 12.1 Å². The minimum absolute atomic E-state index is 0.0521. The van der Waals surface area contributed by atoms with Gasteiger partial charge in [-0.25, -0.2) is 4.79 Å². The second kappa shape index (κ2) is 10.5. The van der Waals surface area contributed by atoms with E-state index in [0.29, 0.717) is 17.9 Å². The molecule has 2 aromatic carbocycles. The fourth-order valence-corrected chi connectivity index (χ4v) is 3.08. The molecule has 0 saturated heterocycles. The Morgan fingerprint density at radius 3 is 2.32 bits per heavy atom. The van der Waals surface area contributed by atoms with E-state index in [4.69, 9.17) is 14.6 Å². The number of anilines is 1. The second-order valence-corrected chi connectivity index (χ2v) is 7.12. The number of rotatable bonds is 5. The fourth-order valence-electron chi connectivity index (χ4n) is 3.08. The maximum atomic E-state index is 12.5. The Bertz CT molecular complexity index is 1270. The first-order valence-electron chi connectivity index (χ1n) is 9.97. The second-order valence-electron chi connectivity index (χ2n) is 7.12. The third-order valence-electron chi connectivity index (χ3n) is 4.62. The van der Waals surface area contributed by atoms with Crippen molar-refractivity contribution in [3.05, 3.63) is 84.3 Å². The zero-order valence-electron chi connectivity index (χ0n) is 17.9. The zero-order chi connectivity index (χ0) is 24.7. The lowest BCUT2D eigenvalue weighted by Crippen LogP contribution is -2.21. The summed E-state index contributed by atoms with van der Waals surface area (Å²) in [5.74, 6) is -1.45. The van der Waals surface area contributed by atoms with Gasteiger partial charge in [-0.2, -0.15) is 13.2 Å². The average molecular weight is 471 g/mol. The lowest BCUT2D eigenvalue weighted by Gasteiger charge is -2.08. The molecule has 176 valence electrons. The van der Waals surface area contributed by atoms with Crippen LogP contribution in [0.15, 0.2) is 73.1 Å². The first-order valence-corrected chi connectivity index (χ1v) is 9.97. The Balaban J connectivity index is 0.000000406. The van der Waals surface area contributed by atoms with Crippen molar-refractivity contribution in [1.29, 1.82) is 0 Å². The fraction of sp³-hybridized carbons (Fsp3) is 0.125. The number of aromatic amines is 1. The summed E-state index contributed by atoms with van der Waals surface area (Å²) in [5, 5.41) is 11.2. The number of carbonyl (C=O) groups is 2. The number of H-pyrrole nitrogens is 1. The molecular weight excluding hydrogens is 451 g/mol. The van der Waals surface area contributed by atoms with E-state index in [1.54, 1.807) is 12.4 Å². The van der Waals surface area contributed by atoms with Gasteiger partial charge < -0.3 is 20.1 Å². The number of aliphatic carboxylic acids is 1. The summed E-state index contributed by atoms with van der Waals surface area (Å²) in [7, 11) is 0. The topological polar surface area (TPSA) is 104 Å². The molecule has 0 aliphatic heterocycles. The van der Waals surface area contributed by atoms with Gasteiger partial charge in [0.25, 0.3) is 0 Å². The molecule has 0 aliphatic rings. The number of pyridine rings is 1. The molecule has 0 bridgehead atoms. The molecule has 34 heavy (non-hydrogen) atoms. The summed E-state index contributed by atoms with van der Waals surface area (Å²) in [4.78, 5) is 28.7. The smallest absolute Gasteiger partial charge is 0.475 e. The summed E-state index contributed by atoms with van der Waals surface area (Å²) in [6, 6.07) is 19.0. The number of aromatic nitrogens is 2. The van der Waals surface area contributed by atoms with Crippen LogP contribution in [0.5, 0.6) is 11.5 Å². The summed E-state index contributed by atoms with van der Waals surface area (Å²) in [6.07, 6.45) is -1.41. The van der Waals surface area contributed by atoms with Crippen LogP contribution in [0.25, 0.3) is 10.9 Å². The minimum atomic E-state index is -5.08. The maximum absolute atomic E-state index is 12.5. The van der Waals surface area contributed by atoms with Gasteiger partial charge in [-0.05, 0) is 55.0 Å². The number of aryl methyl sites for hydroxylation is 1. The van der Waals surface area contributed by atoms with Gasteiger partial charge in [0.1, 0.15) is 11.5 Å². The van der Waals surface area contributed by atoms with E-state index < -0.39 is 12.1 Å². The first kappa shape index (κ1) is 24.3. The number of nitrogens with zero attached hydrogens (tertiary/aromatic N) is 1. The highest BCUT2D eigenvalue weighted by Gasteiger charge is 2.38. The van der Waals surface area contributed by atoms with Crippen molar-refractivity contribution >= 4 is 28.5 Å². The Kier molecular flexibility index (Phi) is 7.52. The molecule has 3 N–H and O–H groups in total. The Morgan fingerprint density at radius 2 is 1.71 bits per heavy atom. The predicted octanol–water partition coefficient (Wildman–Crippen LogP) is 5.48. The summed E-state index contributed by atoms with van der Waals surface area (Å²) < 4.78 is 37.4. The molecule has 10 heteroatoms. The van der Waals surface area contributed by atoms with Gasteiger partial charge in [0.05, 0.1) is 12.6 Å². The molecule has 4 aromatic rings. The molecule has 0 atom stereocenters. The summed E-state index contributed by atoms with van der Waals surface area (Å²) in [5.41, 5.74) is 3.83. The molecule has 1 amide bonds. The van der Waals surface area contributed by atoms with Gasteiger partial charge in [-0.1, -0.05) is 18.2 Å². The van der Waals surface area contributed by atoms with Crippen LogP contribution in [0.3, 0.4) is 0 Å². The number of ether oxygens (including phenoxy) is 1. The highest BCUT2D eigenvalue weighted by atomic mass is 19.4. The average Bonchev–Trinajstić information content (AvgIpc) is 3.10. The van der Waals surface area contributed by atoms with E-state index >= 15 is 0 Å². The van der Waals surface area contributed by atoms with Crippen LogP contribution in [0, 0.1) is 6.92 Å². The van der Waals surface area contributed by atoms with E-state index in [-0.39, 0.29) is 5.91 Å². The number of carboxylic acid groups (broad SMARTS) is 1. The molecule has 7 nitrogen and oxygen atoms in total. The van der Waals surface area contributed by atoms with E-state index in [1.807, 2.05) is 67.6 Å². The number of benzene rings is 2. The van der Waals surface area contributed by atoms with Crippen LogP contribution in [0.4, 0.5) is 18.9 Å². The van der Waals surface area contributed by atoms with Crippen LogP contribution in [0.1, 0.15) is 11.3 Å². The van der Waals surface area contributed by atoms with Crippen molar-refractivity contribution < 1.29 is 32.6 Å². The largest absolute Gasteiger partial charge is 0.490 e. The van der Waals surface area contributed by atoms with Crippen LogP contribution in [-0.4, -0.2) is 33.1 Å². The molecule has 2 aromatic heterocycles. The Morgan fingerprint density at radius 1 is 1.03 bits per heavy atom. The van der Waals surface area contributed by atoms with E-state index in [2.05, 4.69) is 15.3 Å². The van der Waals surface area contributed by atoms with Crippen molar-refractivity contribution in [3.63, 3.8) is 0 Å². The van der Waals surface area contributed by atoms with Crippen molar-refractivity contribution in [3.8, 4) is 11.5 Å². The highest BCUT2D eigenvalue weighted by molar-refractivity contribution is 5.96. The zero-order valence-corrected chi connectivity index (χ0v) is 17.9. The molecule has 4 rings (SSSR count). The third-order valence-corrected chi connectivity index (χ3v) is 4.62. The molecule has 0 saturated carbocycles.